The van der Waals surface area contributed by atoms with Gasteiger partial charge in [-0.3, -0.25) is 14.4 Å². The number of carbonyl (C=O) groups excluding carboxylic acids is 3. The van der Waals surface area contributed by atoms with Crippen LogP contribution >= 0.6 is 22.7 Å². The van der Waals surface area contributed by atoms with Crippen LogP contribution in [0.4, 0.5) is 10.3 Å². The molecule has 0 atom stereocenters. The topological polar surface area (TPSA) is 104 Å². The number of amides is 3. The maximum atomic E-state index is 12.4. The molecule has 0 radical (unpaired) electrons. The first-order chi connectivity index (χ1) is 13.8. The van der Waals surface area contributed by atoms with E-state index in [1.807, 2.05) is 0 Å². The lowest BCUT2D eigenvalue weighted by molar-refractivity contribution is -0.132. The molecule has 1 aliphatic heterocycles. The van der Waals surface area contributed by atoms with Crippen molar-refractivity contribution in [2.45, 2.75) is 46.0 Å². The Balaban J connectivity index is 1.48. The summed E-state index contributed by atoms with van der Waals surface area (Å²) in [6.07, 6.45) is 3.21. The van der Waals surface area contributed by atoms with Gasteiger partial charge in [0.1, 0.15) is 0 Å². The largest absolute Gasteiger partial charge is 0.343 e. The molecule has 1 saturated heterocycles. The monoisotopic (exact) mass is 435 g/mol. The van der Waals surface area contributed by atoms with Crippen LogP contribution in [0.5, 0.6) is 0 Å². The summed E-state index contributed by atoms with van der Waals surface area (Å²) in [5.41, 5.74) is 0.606. The summed E-state index contributed by atoms with van der Waals surface area (Å²) < 4.78 is 0. The molecule has 2 aromatic heterocycles. The van der Waals surface area contributed by atoms with Crippen molar-refractivity contribution in [3.05, 3.63) is 22.1 Å². The van der Waals surface area contributed by atoms with Crippen molar-refractivity contribution < 1.29 is 14.4 Å². The van der Waals surface area contributed by atoms with E-state index in [1.54, 1.807) is 23.4 Å². The van der Waals surface area contributed by atoms with Gasteiger partial charge in [-0.2, -0.15) is 0 Å². The lowest BCUT2D eigenvalue weighted by atomic mass is 9.96. The molecule has 3 rings (SSSR count). The van der Waals surface area contributed by atoms with Gasteiger partial charge in [0.05, 0.1) is 12.1 Å². The van der Waals surface area contributed by atoms with Gasteiger partial charge < -0.3 is 15.5 Å². The minimum absolute atomic E-state index is 0.0462. The normalized spacial score (nSPS) is 14.8. The third-order valence-corrected chi connectivity index (χ3v) is 6.79. The van der Waals surface area contributed by atoms with Crippen LogP contribution in [0.15, 0.2) is 11.6 Å². The maximum absolute atomic E-state index is 12.4. The molecule has 0 aliphatic carbocycles. The molecule has 1 fully saturated rings. The Hall–Kier alpha value is -2.33. The van der Waals surface area contributed by atoms with E-state index in [4.69, 9.17) is 0 Å². The molecule has 156 valence electrons. The van der Waals surface area contributed by atoms with Crippen molar-refractivity contribution in [3.63, 3.8) is 0 Å². The second-order valence-corrected chi connectivity index (χ2v) is 9.28. The van der Waals surface area contributed by atoms with E-state index in [0.29, 0.717) is 47.8 Å². The fourth-order valence-corrected chi connectivity index (χ4v) is 4.60. The van der Waals surface area contributed by atoms with Gasteiger partial charge in [-0.25, -0.2) is 9.97 Å². The number of nitrogens with zero attached hydrogens (tertiary/aromatic N) is 3. The molecule has 29 heavy (non-hydrogen) atoms. The Morgan fingerprint density at radius 3 is 2.55 bits per heavy atom. The van der Waals surface area contributed by atoms with Crippen LogP contribution < -0.4 is 10.6 Å². The maximum Gasteiger partial charge on any atom is 0.232 e. The molecule has 2 N–H and O–H groups in total. The lowest BCUT2D eigenvalue weighted by Crippen LogP contribution is -2.40. The lowest BCUT2D eigenvalue weighted by Gasteiger charge is -2.30. The van der Waals surface area contributed by atoms with Gasteiger partial charge in [-0.1, -0.05) is 13.8 Å². The zero-order chi connectivity index (χ0) is 21.0. The van der Waals surface area contributed by atoms with E-state index in [-0.39, 0.29) is 30.1 Å². The van der Waals surface area contributed by atoms with E-state index in [2.05, 4.69) is 34.4 Å². The smallest absolute Gasteiger partial charge is 0.232 e. The highest BCUT2D eigenvalue weighted by molar-refractivity contribution is 7.15. The fourth-order valence-electron chi connectivity index (χ4n) is 3.05. The predicted molar refractivity (Wildman–Crippen MR) is 114 cm³/mol. The molecule has 0 spiro atoms. The van der Waals surface area contributed by atoms with Crippen LogP contribution in [0.3, 0.4) is 0 Å². The Morgan fingerprint density at radius 1 is 1.21 bits per heavy atom. The van der Waals surface area contributed by atoms with Crippen LogP contribution in [0.1, 0.15) is 50.1 Å². The Morgan fingerprint density at radius 2 is 1.93 bits per heavy atom. The van der Waals surface area contributed by atoms with Crippen LogP contribution in [-0.4, -0.2) is 45.7 Å². The molecule has 0 bridgehead atoms. The molecule has 3 amide bonds. The molecular weight excluding hydrogens is 410 g/mol. The zero-order valence-electron chi connectivity index (χ0n) is 16.7. The first-order valence-electron chi connectivity index (χ1n) is 9.58. The fraction of sp³-hybridized carbons (Fsp3) is 0.526. The SMILES string of the molecule is CC(=O)N1CCC(C(=O)Nc2nc(CC(=O)Nc3ncc(C(C)C)s3)cs2)CC1. The molecule has 3 heterocycles. The molecular formula is C19H25N5O3S2. The third kappa shape index (κ3) is 5.83. The molecule has 8 nitrogen and oxygen atoms in total. The van der Waals surface area contributed by atoms with Crippen LogP contribution in [0.25, 0.3) is 0 Å². The summed E-state index contributed by atoms with van der Waals surface area (Å²) in [5, 5.41) is 8.48. The number of rotatable bonds is 6. The average Bonchev–Trinajstić information content (AvgIpc) is 3.31. The molecule has 0 saturated carbocycles. The number of likely N-dealkylation sites (tertiary alicyclic amines) is 1. The van der Waals surface area contributed by atoms with Crippen molar-refractivity contribution in [2.75, 3.05) is 23.7 Å². The van der Waals surface area contributed by atoms with Crippen molar-refractivity contribution in [3.8, 4) is 0 Å². The Bertz CT molecular complexity index is 884. The van der Waals surface area contributed by atoms with Gasteiger partial charge in [0, 0.05) is 42.4 Å². The molecule has 0 aromatic carbocycles. The van der Waals surface area contributed by atoms with E-state index in [0.717, 1.165) is 4.88 Å². The number of piperidine rings is 1. The highest BCUT2D eigenvalue weighted by Gasteiger charge is 2.26. The van der Waals surface area contributed by atoms with Gasteiger partial charge >= 0.3 is 0 Å². The van der Waals surface area contributed by atoms with Crippen LogP contribution in [-0.2, 0) is 20.8 Å². The van der Waals surface area contributed by atoms with Gasteiger partial charge in [0.15, 0.2) is 10.3 Å². The van der Waals surface area contributed by atoms with Crippen LogP contribution in [0, 0.1) is 5.92 Å². The molecule has 10 heteroatoms. The number of aromatic nitrogens is 2. The number of hydrogen-bond acceptors (Lipinski definition) is 7. The Kier molecular flexibility index (Phi) is 6.96. The number of hydrogen-bond donors (Lipinski definition) is 2. The van der Waals surface area contributed by atoms with E-state index >= 15 is 0 Å². The van der Waals surface area contributed by atoms with Gasteiger partial charge in [0.25, 0.3) is 0 Å². The van der Waals surface area contributed by atoms with Gasteiger partial charge in [0.2, 0.25) is 17.7 Å². The highest BCUT2D eigenvalue weighted by atomic mass is 32.1. The summed E-state index contributed by atoms with van der Waals surface area (Å²) >= 11 is 2.77. The number of carbonyl (C=O) groups is 3. The predicted octanol–water partition coefficient (Wildman–Crippen LogP) is 3.10. The average molecular weight is 436 g/mol. The summed E-state index contributed by atoms with van der Waals surface area (Å²) in [5.74, 6) is 0.0285. The second-order valence-electron chi connectivity index (χ2n) is 7.36. The molecule has 2 aromatic rings. The van der Waals surface area contributed by atoms with Gasteiger partial charge in [-0.05, 0) is 18.8 Å². The first kappa shape index (κ1) is 21.4. The van der Waals surface area contributed by atoms with E-state index in [1.165, 1.54) is 22.7 Å². The first-order valence-corrected chi connectivity index (χ1v) is 11.3. The number of thiazole rings is 2. The number of anilines is 2. The van der Waals surface area contributed by atoms with Gasteiger partial charge in [-0.15, -0.1) is 22.7 Å². The van der Waals surface area contributed by atoms with E-state index in [9.17, 15) is 14.4 Å². The molecule has 0 unspecified atom stereocenters. The third-order valence-electron chi connectivity index (χ3n) is 4.77. The zero-order valence-corrected chi connectivity index (χ0v) is 18.4. The highest BCUT2D eigenvalue weighted by Crippen LogP contribution is 2.25. The minimum Gasteiger partial charge on any atom is -0.343 e. The van der Waals surface area contributed by atoms with Crippen molar-refractivity contribution in [2.24, 2.45) is 5.92 Å². The number of nitrogens with one attached hydrogen (secondary N) is 2. The standard InChI is InChI=1S/C19H25N5O3S2/c1-11(2)15-9-20-18(29-15)22-16(26)8-14-10-28-19(21-14)23-17(27)13-4-6-24(7-5-13)12(3)25/h9-11,13H,4-8H2,1-3H3,(H,20,22,26)(H,21,23,27). The molecule has 1 aliphatic rings. The quantitative estimate of drug-likeness (QED) is 0.725. The summed E-state index contributed by atoms with van der Waals surface area (Å²) in [6.45, 7) is 6.91. The van der Waals surface area contributed by atoms with Crippen LogP contribution in [0.2, 0.25) is 0 Å². The summed E-state index contributed by atoms with van der Waals surface area (Å²) in [7, 11) is 0. The second kappa shape index (κ2) is 9.45. The van der Waals surface area contributed by atoms with Crippen molar-refractivity contribution >= 4 is 50.7 Å². The summed E-state index contributed by atoms with van der Waals surface area (Å²) in [6, 6.07) is 0. The van der Waals surface area contributed by atoms with E-state index < -0.39 is 0 Å². The summed E-state index contributed by atoms with van der Waals surface area (Å²) in [4.78, 5) is 47.5. The van der Waals surface area contributed by atoms with Crippen molar-refractivity contribution in [1.29, 1.82) is 0 Å². The van der Waals surface area contributed by atoms with Crippen molar-refractivity contribution in [1.82, 2.24) is 14.9 Å². The minimum atomic E-state index is -0.186. The Labute approximate surface area is 177 Å².